The highest BCUT2D eigenvalue weighted by Gasteiger charge is 2.02. The Kier molecular flexibility index (Phi) is 10.2. The van der Waals surface area contributed by atoms with E-state index in [1.165, 1.54) is 0 Å². The molecule has 0 radical (unpaired) electrons. The average Bonchev–Trinajstić information content (AvgIpc) is 2.34. The van der Waals surface area contributed by atoms with Gasteiger partial charge in [-0.2, -0.15) is 0 Å². The normalized spacial score (nSPS) is 9.71. The number of ether oxygens (including phenoxy) is 2. The number of unbranched alkanes of at least 4 members (excludes halogenated alkanes) is 2. The number of hydrogen-bond donors (Lipinski definition) is 1. The third kappa shape index (κ3) is 10.9. The van der Waals surface area contributed by atoms with E-state index in [0.717, 1.165) is 18.9 Å². The van der Waals surface area contributed by atoms with E-state index in [-0.39, 0.29) is 25.8 Å². The van der Waals surface area contributed by atoms with E-state index < -0.39 is 5.97 Å². The summed E-state index contributed by atoms with van der Waals surface area (Å²) in [6.45, 7) is 3.89. The summed E-state index contributed by atoms with van der Waals surface area (Å²) in [5, 5.41) is 8.53. The van der Waals surface area contributed by atoms with Gasteiger partial charge in [-0.05, 0) is 12.8 Å². The van der Waals surface area contributed by atoms with E-state index in [0.29, 0.717) is 19.3 Å². The zero-order valence-corrected chi connectivity index (χ0v) is 10.0. The Bertz CT molecular complexity index is 237. The van der Waals surface area contributed by atoms with E-state index in [1.807, 2.05) is 0 Å². The molecule has 0 saturated carbocycles. The van der Waals surface area contributed by atoms with Crippen molar-refractivity contribution in [1.82, 2.24) is 0 Å². The molecular formula is C12H20O5. The van der Waals surface area contributed by atoms with Gasteiger partial charge in [-0.25, -0.2) is 4.79 Å². The first-order valence-electron chi connectivity index (χ1n) is 5.76. The highest BCUT2D eigenvalue weighted by Crippen LogP contribution is 2.01. The molecule has 0 bridgehead atoms. The van der Waals surface area contributed by atoms with E-state index in [9.17, 15) is 9.59 Å². The van der Waals surface area contributed by atoms with Crippen LogP contribution in [-0.4, -0.2) is 36.9 Å². The van der Waals surface area contributed by atoms with Gasteiger partial charge in [0.25, 0.3) is 0 Å². The van der Waals surface area contributed by atoms with E-state index in [4.69, 9.17) is 14.6 Å². The number of aliphatic hydroxyl groups excluding tert-OH is 1. The van der Waals surface area contributed by atoms with Crippen LogP contribution in [0.2, 0.25) is 0 Å². The quantitative estimate of drug-likeness (QED) is 0.355. The van der Waals surface area contributed by atoms with Crippen LogP contribution in [0.3, 0.4) is 0 Å². The Labute approximate surface area is 101 Å². The molecule has 0 aromatic carbocycles. The van der Waals surface area contributed by atoms with Crippen molar-refractivity contribution in [1.29, 1.82) is 0 Å². The van der Waals surface area contributed by atoms with Gasteiger partial charge in [-0.15, -0.1) is 0 Å². The van der Waals surface area contributed by atoms with Crippen molar-refractivity contribution < 1.29 is 24.2 Å². The minimum absolute atomic E-state index is 0.156. The third-order valence-corrected chi connectivity index (χ3v) is 2.00. The molecule has 0 rings (SSSR count). The van der Waals surface area contributed by atoms with Crippen LogP contribution in [0.15, 0.2) is 12.7 Å². The lowest BCUT2D eigenvalue weighted by Crippen LogP contribution is -2.09. The van der Waals surface area contributed by atoms with Crippen molar-refractivity contribution in [2.45, 2.75) is 32.1 Å². The maximum atomic E-state index is 11.2. The average molecular weight is 244 g/mol. The summed E-state index contributed by atoms with van der Waals surface area (Å²) >= 11 is 0. The number of esters is 2. The SMILES string of the molecule is C=CC(=O)OCCCOC(=O)CCCCCO. The molecule has 0 spiro atoms. The molecule has 0 aromatic heterocycles. The van der Waals surface area contributed by atoms with Gasteiger partial charge < -0.3 is 14.6 Å². The van der Waals surface area contributed by atoms with E-state index >= 15 is 0 Å². The lowest BCUT2D eigenvalue weighted by Gasteiger charge is -2.04. The number of carbonyl (C=O) groups is 2. The molecule has 0 amide bonds. The number of hydrogen-bond acceptors (Lipinski definition) is 5. The van der Waals surface area contributed by atoms with Crippen molar-refractivity contribution in [3.8, 4) is 0 Å². The minimum atomic E-state index is -0.472. The lowest BCUT2D eigenvalue weighted by atomic mass is 10.2. The fourth-order valence-electron chi connectivity index (χ4n) is 1.11. The van der Waals surface area contributed by atoms with Crippen LogP contribution in [0, 0.1) is 0 Å². The van der Waals surface area contributed by atoms with Crippen molar-refractivity contribution in [3.05, 3.63) is 12.7 Å². The highest BCUT2D eigenvalue weighted by atomic mass is 16.5. The molecular weight excluding hydrogens is 224 g/mol. The zero-order chi connectivity index (χ0) is 12.9. The highest BCUT2D eigenvalue weighted by molar-refractivity contribution is 5.81. The first-order valence-corrected chi connectivity index (χ1v) is 5.76. The van der Waals surface area contributed by atoms with E-state index in [1.54, 1.807) is 0 Å². The first-order chi connectivity index (χ1) is 8.20. The van der Waals surface area contributed by atoms with Crippen LogP contribution in [0.5, 0.6) is 0 Å². The van der Waals surface area contributed by atoms with Gasteiger partial charge >= 0.3 is 11.9 Å². The van der Waals surface area contributed by atoms with Crippen molar-refractivity contribution in [2.24, 2.45) is 0 Å². The molecule has 0 aliphatic heterocycles. The third-order valence-electron chi connectivity index (χ3n) is 2.00. The molecule has 0 saturated heterocycles. The molecule has 0 aromatic rings. The Hall–Kier alpha value is -1.36. The molecule has 1 N–H and O–H groups in total. The maximum Gasteiger partial charge on any atom is 0.330 e. The summed E-state index contributed by atoms with van der Waals surface area (Å²) in [5.41, 5.74) is 0. The first kappa shape index (κ1) is 15.6. The Morgan fingerprint density at radius 2 is 1.76 bits per heavy atom. The molecule has 0 heterocycles. The molecule has 0 aliphatic rings. The Morgan fingerprint density at radius 1 is 1.06 bits per heavy atom. The second kappa shape index (κ2) is 11.1. The smallest absolute Gasteiger partial charge is 0.330 e. The summed E-state index contributed by atoms with van der Waals surface area (Å²) in [7, 11) is 0. The number of carbonyl (C=O) groups excluding carboxylic acids is 2. The molecule has 5 heteroatoms. The number of aliphatic hydroxyl groups is 1. The number of rotatable bonds is 10. The van der Waals surface area contributed by atoms with Gasteiger partial charge in [-0.3, -0.25) is 4.79 Å². The van der Waals surface area contributed by atoms with Gasteiger partial charge in [-0.1, -0.05) is 13.0 Å². The van der Waals surface area contributed by atoms with Crippen LogP contribution < -0.4 is 0 Å². The van der Waals surface area contributed by atoms with Crippen LogP contribution in [0.4, 0.5) is 0 Å². The monoisotopic (exact) mass is 244 g/mol. The van der Waals surface area contributed by atoms with Gasteiger partial charge in [0.1, 0.15) is 0 Å². The van der Waals surface area contributed by atoms with Crippen molar-refractivity contribution in [3.63, 3.8) is 0 Å². The molecule has 5 nitrogen and oxygen atoms in total. The lowest BCUT2D eigenvalue weighted by molar-refractivity contribution is -0.144. The molecule has 0 atom stereocenters. The minimum Gasteiger partial charge on any atom is -0.466 e. The predicted octanol–water partition coefficient (Wildman–Crippen LogP) is 1.20. The van der Waals surface area contributed by atoms with Crippen LogP contribution in [0.1, 0.15) is 32.1 Å². The summed E-state index contributed by atoms with van der Waals surface area (Å²) in [4.78, 5) is 21.8. The zero-order valence-electron chi connectivity index (χ0n) is 10.0. The molecule has 0 unspecified atom stereocenters. The standard InChI is InChI=1S/C12H20O5/c1-2-11(14)16-9-6-10-17-12(15)7-4-3-5-8-13/h2,13H,1,3-10H2. The predicted molar refractivity (Wildman–Crippen MR) is 62.3 cm³/mol. The van der Waals surface area contributed by atoms with Gasteiger partial charge in [0, 0.05) is 25.5 Å². The largest absolute Gasteiger partial charge is 0.466 e. The topological polar surface area (TPSA) is 72.8 Å². The Balaban J connectivity index is 3.27. The molecule has 0 fully saturated rings. The van der Waals surface area contributed by atoms with E-state index in [2.05, 4.69) is 6.58 Å². The second-order valence-corrected chi connectivity index (χ2v) is 3.48. The molecule has 17 heavy (non-hydrogen) atoms. The van der Waals surface area contributed by atoms with Gasteiger partial charge in [0.05, 0.1) is 13.2 Å². The van der Waals surface area contributed by atoms with Crippen LogP contribution >= 0.6 is 0 Å². The summed E-state index contributed by atoms with van der Waals surface area (Å²) in [5.74, 6) is -0.724. The summed E-state index contributed by atoms with van der Waals surface area (Å²) in [6.07, 6.45) is 4.21. The fraction of sp³-hybridized carbons (Fsp3) is 0.667. The molecule has 98 valence electrons. The summed E-state index contributed by atoms with van der Waals surface area (Å²) in [6, 6.07) is 0. The van der Waals surface area contributed by atoms with Gasteiger partial charge in [0.15, 0.2) is 0 Å². The van der Waals surface area contributed by atoms with Crippen LogP contribution in [-0.2, 0) is 19.1 Å². The summed E-state index contributed by atoms with van der Waals surface area (Å²) < 4.78 is 9.63. The fourth-order valence-corrected chi connectivity index (χ4v) is 1.11. The Morgan fingerprint density at radius 3 is 2.41 bits per heavy atom. The van der Waals surface area contributed by atoms with Crippen molar-refractivity contribution in [2.75, 3.05) is 19.8 Å². The van der Waals surface area contributed by atoms with Gasteiger partial charge in [0.2, 0.25) is 0 Å². The molecule has 0 aliphatic carbocycles. The maximum absolute atomic E-state index is 11.2. The second-order valence-electron chi connectivity index (χ2n) is 3.48. The van der Waals surface area contributed by atoms with Crippen molar-refractivity contribution >= 4 is 11.9 Å². The van der Waals surface area contributed by atoms with Crippen LogP contribution in [0.25, 0.3) is 0 Å².